The standard InChI is InChI=1S/C12H17NO5S/c1-2-3-10(12(15)16)11(13-19(17)18)8-4-6-9(14)7-5-8/h4-7,10-11,13-14H,2-3H2,1H3,(H,15,16)(H,17,18). The monoisotopic (exact) mass is 287 g/mol. The van der Waals surface area contributed by atoms with E-state index in [9.17, 15) is 19.2 Å². The molecule has 0 aliphatic heterocycles. The molecule has 0 heterocycles. The average Bonchev–Trinajstić information content (AvgIpc) is 2.34. The first-order valence-corrected chi connectivity index (χ1v) is 6.95. The molecule has 19 heavy (non-hydrogen) atoms. The molecule has 106 valence electrons. The van der Waals surface area contributed by atoms with Crippen LogP contribution >= 0.6 is 0 Å². The number of rotatable bonds is 7. The van der Waals surface area contributed by atoms with E-state index in [2.05, 4.69) is 4.72 Å². The molecule has 3 unspecified atom stereocenters. The van der Waals surface area contributed by atoms with Crippen LogP contribution in [0, 0.1) is 5.92 Å². The summed E-state index contributed by atoms with van der Waals surface area (Å²) >= 11 is -2.32. The molecule has 7 heteroatoms. The first-order valence-electron chi connectivity index (χ1n) is 5.84. The number of benzene rings is 1. The van der Waals surface area contributed by atoms with Crippen molar-refractivity contribution in [3.63, 3.8) is 0 Å². The highest BCUT2D eigenvalue weighted by Gasteiger charge is 2.29. The Hall–Kier alpha value is -1.44. The van der Waals surface area contributed by atoms with Gasteiger partial charge in [-0.05, 0) is 24.1 Å². The smallest absolute Gasteiger partial charge is 0.308 e. The molecule has 3 atom stereocenters. The van der Waals surface area contributed by atoms with Crippen molar-refractivity contribution in [3.8, 4) is 5.75 Å². The Labute approximate surface area is 113 Å². The third-order valence-electron chi connectivity index (χ3n) is 2.80. The first-order chi connectivity index (χ1) is 8.95. The van der Waals surface area contributed by atoms with Crippen molar-refractivity contribution < 1.29 is 23.8 Å². The fourth-order valence-corrected chi connectivity index (χ4v) is 2.43. The normalized spacial score (nSPS) is 15.7. The highest BCUT2D eigenvalue weighted by atomic mass is 32.2. The van der Waals surface area contributed by atoms with Crippen molar-refractivity contribution >= 4 is 17.2 Å². The number of hydrogen-bond donors (Lipinski definition) is 4. The van der Waals surface area contributed by atoms with Gasteiger partial charge in [0.2, 0.25) is 11.3 Å². The van der Waals surface area contributed by atoms with Crippen LogP contribution in [0.3, 0.4) is 0 Å². The summed E-state index contributed by atoms with van der Waals surface area (Å²) in [5, 5.41) is 18.5. The van der Waals surface area contributed by atoms with Crippen LogP contribution < -0.4 is 4.72 Å². The fraction of sp³-hybridized carbons (Fsp3) is 0.417. The minimum absolute atomic E-state index is 0.0509. The molecule has 0 aliphatic carbocycles. The van der Waals surface area contributed by atoms with Crippen molar-refractivity contribution in [1.29, 1.82) is 0 Å². The second-order valence-corrected chi connectivity index (χ2v) is 4.90. The van der Waals surface area contributed by atoms with E-state index in [1.807, 2.05) is 6.92 Å². The highest BCUT2D eigenvalue weighted by molar-refractivity contribution is 7.77. The van der Waals surface area contributed by atoms with Gasteiger partial charge >= 0.3 is 5.97 Å². The van der Waals surface area contributed by atoms with Crippen LogP contribution in [0.4, 0.5) is 0 Å². The number of aromatic hydroxyl groups is 1. The molecule has 0 saturated heterocycles. The maximum Gasteiger partial charge on any atom is 0.308 e. The van der Waals surface area contributed by atoms with Crippen LogP contribution in [0.25, 0.3) is 0 Å². The Morgan fingerprint density at radius 3 is 2.37 bits per heavy atom. The van der Waals surface area contributed by atoms with Crippen LogP contribution in [0.2, 0.25) is 0 Å². The fourth-order valence-electron chi connectivity index (χ4n) is 1.92. The summed E-state index contributed by atoms with van der Waals surface area (Å²) in [6, 6.07) is 5.10. The second-order valence-electron chi connectivity index (χ2n) is 4.17. The zero-order valence-corrected chi connectivity index (χ0v) is 11.3. The largest absolute Gasteiger partial charge is 0.508 e. The topological polar surface area (TPSA) is 107 Å². The van der Waals surface area contributed by atoms with Crippen LogP contribution in [0.1, 0.15) is 31.4 Å². The molecular formula is C12H17NO5S. The summed E-state index contributed by atoms with van der Waals surface area (Å²) in [6.07, 6.45) is 1.02. The van der Waals surface area contributed by atoms with Gasteiger partial charge in [-0.25, -0.2) is 8.93 Å². The van der Waals surface area contributed by atoms with Crippen LogP contribution in [0.15, 0.2) is 24.3 Å². The number of nitrogens with one attached hydrogen (secondary N) is 1. The van der Waals surface area contributed by atoms with Gasteiger partial charge in [-0.3, -0.25) is 9.35 Å². The number of phenols is 1. The minimum Gasteiger partial charge on any atom is -0.508 e. The van der Waals surface area contributed by atoms with Crippen molar-refractivity contribution in [2.24, 2.45) is 5.92 Å². The van der Waals surface area contributed by atoms with Crippen molar-refractivity contribution in [2.75, 3.05) is 0 Å². The number of carbonyl (C=O) groups is 1. The number of carboxylic acid groups (broad SMARTS) is 1. The molecule has 6 nitrogen and oxygen atoms in total. The summed E-state index contributed by atoms with van der Waals surface area (Å²) in [5.41, 5.74) is 0.543. The van der Waals surface area contributed by atoms with E-state index in [1.165, 1.54) is 24.3 Å². The van der Waals surface area contributed by atoms with Gasteiger partial charge in [0.25, 0.3) is 0 Å². The summed E-state index contributed by atoms with van der Waals surface area (Å²) in [6.45, 7) is 1.85. The lowest BCUT2D eigenvalue weighted by molar-refractivity contribution is -0.143. The third kappa shape index (κ3) is 4.62. The van der Waals surface area contributed by atoms with Crippen molar-refractivity contribution in [3.05, 3.63) is 29.8 Å². The molecule has 0 amide bonds. The molecule has 1 aromatic carbocycles. The Kier molecular flexibility index (Phi) is 5.94. The molecule has 0 aromatic heterocycles. The molecular weight excluding hydrogens is 270 g/mol. The second kappa shape index (κ2) is 7.22. The van der Waals surface area contributed by atoms with Crippen LogP contribution in [0.5, 0.6) is 5.75 Å². The SMILES string of the molecule is CCCC(C(=O)O)C(NS(=O)O)c1ccc(O)cc1. The van der Waals surface area contributed by atoms with E-state index in [0.717, 1.165) is 0 Å². The molecule has 1 aromatic rings. The van der Waals surface area contributed by atoms with Gasteiger partial charge in [0.15, 0.2) is 0 Å². The molecule has 4 N–H and O–H groups in total. The van der Waals surface area contributed by atoms with E-state index in [0.29, 0.717) is 18.4 Å². The molecule has 0 aliphatic rings. The molecule has 0 spiro atoms. The van der Waals surface area contributed by atoms with Gasteiger partial charge in [0.1, 0.15) is 5.75 Å². The highest BCUT2D eigenvalue weighted by Crippen LogP contribution is 2.27. The first kappa shape index (κ1) is 15.6. The molecule has 0 bridgehead atoms. The van der Waals surface area contributed by atoms with E-state index >= 15 is 0 Å². The maximum absolute atomic E-state index is 11.3. The molecule has 0 fully saturated rings. The van der Waals surface area contributed by atoms with E-state index in [1.54, 1.807) is 0 Å². The molecule has 0 radical (unpaired) electrons. The predicted octanol–water partition coefficient (Wildman–Crippen LogP) is 1.66. The molecule has 0 saturated carbocycles. The Balaban J connectivity index is 3.07. The van der Waals surface area contributed by atoms with Gasteiger partial charge < -0.3 is 10.2 Å². The maximum atomic E-state index is 11.3. The van der Waals surface area contributed by atoms with E-state index in [4.69, 9.17) is 4.55 Å². The third-order valence-corrected chi connectivity index (χ3v) is 3.25. The number of phenolic OH excluding ortho intramolecular Hbond substituents is 1. The Morgan fingerprint density at radius 1 is 1.37 bits per heavy atom. The predicted molar refractivity (Wildman–Crippen MR) is 70.8 cm³/mol. The van der Waals surface area contributed by atoms with E-state index < -0.39 is 29.2 Å². The zero-order valence-electron chi connectivity index (χ0n) is 10.4. The summed E-state index contributed by atoms with van der Waals surface area (Å²) in [7, 11) is 0. The lowest BCUT2D eigenvalue weighted by atomic mass is 9.90. The zero-order chi connectivity index (χ0) is 14.4. The number of aliphatic carboxylic acids is 1. The van der Waals surface area contributed by atoms with Gasteiger partial charge in [-0.1, -0.05) is 25.5 Å². The van der Waals surface area contributed by atoms with Gasteiger partial charge in [-0.2, -0.15) is 0 Å². The summed E-state index contributed by atoms with van der Waals surface area (Å²) < 4.78 is 22.2. The average molecular weight is 287 g/mol. The van der Waals surface area contributed by atoms with Gasteiger partial charge in [0.05, 0.1) is 12.0 Å². The molecule has 1 rings (SSSR count). The van der Waals surface area contributed by atoms with Crippen molar-refractivity contribution in [1.82, 2.24) is 4.72 Å². The minimum atomic E-state index is -2.32. The quantitative estimate of drug-likeness (QED) is 0.571. The number of hydrogen-bond acceptors (Lipinski definition) is 3. The number of carboxylic acids is 1. The lowest BCUT2D eigenvalue weighted by Crippen LogP contribution is -2.34. The van der Waals surface area contributed by atoms with E-state index in [-0.39, 0.29) is 5.75 Å². The summed E-state index contributed by atoms with van der Waals surface area (Å²) in [4.78, 5) is 11.3. The summed E-state index contributed by atoms with van der Waals surface area (Å²) in [5.74, 6) is -1.79. The van der Waals surface area contributed by atoms with Gasteiger partial charge in [0, 0.05) is 0 Å². The Morgan fingerprint density at radius 2 is 1.95 bits per heavy atom. The van der Waals surface area contributed by atoms with Crippen LogP contribution in [-0.4, -0.2) is 24.9 Å². The Bertz CT molecular complexity index is 448. The lowest BCUT2D eigenvalue weighted by Gasteiger charge is -2.23. The van der Waals surface area contributed by atoms with Crippen molar-refractivity contribution in [2.45, 2.75) is 25.8 Å². The van der Waals surface area contributed by atoms with Crippen LogP contribution in [-0.2, 0) is 16.1 Å². The van der Waals surface area contributed by atoms with Gasteiger partial charge in [-0.15, -0.1) is 0 Å².